The Morgan fingerprint density at radius 1 is 1.36 bits per heavy atom. The monoisotopic (exact) mass is 192 g/mol. The molecule has 0 aromatic heterocycles. The van der Waals surface area contributed by atoms with Crippen molar-refractivity contribution in [2.75, 3.05) is 18.1 Å². The highest BCUT2D eigenvalue weighted by Crippen LogP contribution is 2.15. The van der Waals surface area contributed by atoms with Crippen LogP contribution >= 0.6 is 0 Å². The Bertz CT molecular complexity index is 328. The Balaban J connectivity index is 2.16. The molecule has 0 radical (unpaired) electrons. The van der Waals surface area contributed by atoms with Gasteiger partial charge >= 0.3 is 5.97 Å². The highest BCUT2D eigenvalue weighted by atomic mass is 16.4. The number of hydrogen-bond acceptors (Lipinski definition) is 3. The summed E-state index contributed by atoms with van der Waals surface area (Å²) in [5.41, 5.74) is 4.56. The maximum Gasteiger partial charge on any atom is 0.335 e. The lowest BCUT2D eigenvalue weighted by Gasteiger charge is -2.17. The largest absolute Gasteiger partial charge is 0.478 e. The number of hydrazine groups is 1. The number of carboxylic acid groups (broad SMARTS) is 1. The van der Waals surface area contributed by atoms with Gasteiger partial charge in [-0.25, -0.2) is 10.2 Å². The number of rotatable bonds is 2. The van der Waals surface area contributed by atoms with E-state index in [9.17, 15) is 4.79 Å². The normalized spacial score (nSPS) is 15.9. The van der Waals surface area contributed by atoms with Gasteiger partial charge in [0.2, 0.25) is 0 Å². The number of carbonyl (C=O) groups is 1. The van der Waals surface area contributed by atoms with Crippen molar-refractivity contribution in [3.63, 3.8) is 0 Å². The number of benzene rings is 1. The predicted octanol–water partition coefficient (Wildman–Crippen LogP) is 1.10. The van der Waals surface area contributed by atoms with E-state index in [-0.39, 0.29) is 0 Å². The summed E-state index contributed by atoms with van der Waals surface area (Å²) in [6.07, 6.45) is 1.13. The molecule has 1 aromatic rings. The quantitative estimate of drug-likeness (QED) is 0.736. The highest BCUT2D eigenvalue weighted by molar-refractivity contribution is 5.88. The summed E-state index contributed by atoms with van der Waals surface area (Å²) >= 11 is 0. The zero-order chi connectivity index (χ0) is 9.97. The van der Waals surface area contributed by atoms with Crippen molar-refractivity contribution in [3.8, 4) is 0 Å². The fourth-order valence-electron chi connectivity index (χ4n) is 1.53. The molecule has 0 spiro atoms. The van der Waals surface area contributed by atoms with Gasteiger partial charge < -0.3 is 10.1 Å². The lowest BCUT2D eigenvalue weighted by Crippen LogP contribution is -2.30. The average Bonchev–Trinajstić information content (AvgIpc) is 2.71. The van der Waals surface area contributed by atoms with E-state index in [1.54, 1.807) is 12.1 Å². The topological polar surface area (TPSA) is 52.6 Å². The zero-order valence-electron chi connectivity index (χ0n) is 7.73. The van der Waals surface area contributed by atoms with Crippen LogP contribution in [0.2, 0.25) is 0 Å². The first-order valence-electron chi connectivity index (χ1n) is 4.62. The summed E-state index contributed by atoms with van der Waals surface area (Å²) in [5, 5.41) is 10.7. The SMILES string of the molecule is O=C(O)c1ccc(N2CCCN2)cc1. The molecule has 1 heterocycles. The van der Waals surface area contributed by atoms with Crippen molar-refractivity contribution >= 4 is 11.7 Å². The van der Waals surface area contributed by atoms with E-state index in [1.165, 1.54) is 0 Å². The molecule has 4 nitrogen and oxygen atoms in total. The lowest BCUT2D eigenvalue weighted by molar-refractivity contribution is 0.0697. The molecule has 2 rings (SSSR count). The minimum absolute atomic E-state index is 0.327. The molecule has 1 aliphatic heterocycles. The molecule has 4 heteroatoms. The van der Waals surface area contributed by atoms with Crippen LogP contribution in [0.3, 0.4) is 0 Å². The summed E-state index contributed by atoms with van der Waals surface area (Å²) in [6.45, 7) is 1.97. The number of hydrogen-bond donors (Lipinski definition) is 2. The van der Waals surface area contributed by atoms with Crippen LogP contribution in [0, 0.1) is 0 Å². The van der Waals surface area contributed by atoms with Gasteiger partial charge in [-0.3, -0.25) is 0 Å². The molecule has 74 valence electrons. The van der Waals surface area contributed by atoms with Gasteiger partial charge in [0.15, 0.2) is 0 Å². The zero-order valence-corrected chi connectivity index (χ0v) is 7.73. The first kappa shape index (κ1) is 9.02. The molecule has 0 unspecified atom stereocenters. The van der Waals surface area contributed by atoms with Crippen LogP contribution < -0.4 is 10.4 Å². The predicted molar refractivity (Wildman–Crippen MR) is 53.4 cm³/mol. The number of carboxylic acids is 1. The van der Waals surface area contributed by atoms with Gasteiger partial charge in [-0.1, -0.05) is 0 Å². The maximum atomic E-state index is 10.6. The van der Waals surface area contributed by atoms with Crippen molar-refractivity contribution in [2.45, 2.75) is 6.42 Å². The first-order chi connectivity index (χ1) is 6.77. The van der Waals surface area contributed by atoms with Crippen molar-refractivity contribution in [2.24, 2.45) is 0 Å². The third-order valence-corrected chi connectivity index (χ3v) is 2.29. The summed E-state index contributed by atoms with van der Waals surface area (Å²) in [7, 11) is 0. The van der Waals surface area contributed by atoms with Gasteiger partial charge in [-0.2, -0.15) is 0 Å². The number of anilines is 1. The molecule has 1 fully saturated rings. The van der Waals surface area contributed by atoms with Crippen LogP contribution in [0.15, 0.2) is 24.3 Å². The Hall–Kier alpha value is -1.55. The van der Waals surface area contributed by atoms with E-state index in [0.717, 1.165) is 25.2 Å². The van der Waals surface area contributed by atoms with Gasteiger partial charge in [0.25, 0.3) is 0 Å². The first-order valence-corrected chi connectivity index (χ1v) is 4.62. The maximum absolute atomic E-state index is 10.6. The minimum Gasteiger partial charge on any atom is -0.478 e. The van der Waals surface area contributed by atoms with Crippen molar-refractivity contribution in [1.82, 2.24) is 5.43 Å². The Kier molecular flexibility index (Phi) is 2.37. The fourth-order valence-corrected chi connectivity index (χ4v) is 1.53. The van der Waals surface area contributed by atoms with Crippen molar-refractivity contribution in [1.29, 1.82) is 0 Å². The number of nitrogens with one attached hydrogen (secondary N) is 1. The molecule has 1 aromatic carbocycles. The molecule has 0 amide bonds. The summed E-state index contributed by atoms with van der Waals surface area (Å²) in [4.78, 5) is 10.6. The van der Waals surface area contributed by atoms with Crippen LogP contribution in [-0.2, 0) is 0 Å². The lowest BCUT2D eigenvalue weighted by atomic mass is 10.2. The molecule has 1 saturated heterocycles. The second-order valence-corrected chi connectivity index (χ2v) is 3.27. The van der Waals surface area contributed by atoms with Crippen LogP contribution in [0.4, 0.5) is 5.69 Å². The number of nitrogens with zero attached hydrogens (tertiary/aromatic N) is 1. The van der Waals surface area contributed by atoms with Gasteiger partial charge in [0.05, 0.1) is 11.3 Å². The van der Waals surface area contributed by atoms with E-state index < -0.39 is 5.97 Å². The molecule has 0 saturated carbocycles. The Labute approximate surface area is 82.1 Å². The van der Waals surface area contributed by atoms with Crippen LogP contribution in [0.5, 0.6) is 0 Å². The molecular formula is C10H12N2O2. The van der Waals surface area contributed by atoms with E-state index >= 15 is 0 Å². The average molecular weight is 192 g/mol. The van der Waals surface area contributed by atoms with Crippen LogP contribution in [0.1, 0.15) is 16.8 Å². The fraction of sp³-hybridized carbons (Fsp3) is 0.300. The Morgan fingerprint density at radius 3 is 2.57 bits per heavy atom. The molecule has 0 bridgehead atoms. The molecule has 14 heavy (non-hydrogen) atoms. The summed E-state index contributed by atoms with van der Waals surface area (Å²) < 4.78 is 0. The van der Waals surface area contributed by atoms with Gasteiger partial charge in [0.1, 0.15) is 0 Å². The standard InChI is InChI=1S/C10H12N2O2/c13-10(14)8-2-4-9(5-3-8)12-7-1-6-11-12/h2-5,11H,1,6-7H2,(H,13,14). The van der Waals surface area contributed by atoms with Gasteiger partial charge in [0, 0.05) is 13.1 Å². The van der Waals surface area contributed by atoms with Crippen molar-refractivity contribution in [3.05, 3.63) is 29.8 Å². The van der Waals surface area contributed by atoms with Crippen LogP contribution in [-0.4, -0.2) is 24.2 Å². The molecule has 2 N–H and O–H groups in total. The second kappa shape index (κ2) is 3.67. The van der Waals surface area contributed by atoms with Gasteiger partial charge in [-0.05, 0) is 30.7 Å². The molecule has 0 atom stereocenters. The third-order valence-electron chi connectivity index (χ3n) is 2.29. The molecular weight excluding hydrogens is 180 g/mol. The van der Waals surface area contributed by atoms with Crippen molar-refractivity contribution < 1.29 is 9.90 Å². The minimum atomic E-state index is -0.883. The van der Waals surface area contributed by atoms with E-state index in [2.05, 4.69) is 5.43 Å². The molecule has 0 aliphatic carbocycles. The highest BCUT2D eigenvalue weighted by Gasteiger charge is 2.11. The smallest absolute Gasteiger partial charge is 0.335 e. The van der Waals surface area contributed by atoms with E-state index in [1.807, 2.05) is 17.1 Å². The summed E-state index contributed by atoms with van der Waals surface area (Å²) in [5.74, 6) is -0.883. The van der Waals surface area contributed by atoms with E-state index in [0.29, 0.717) is 5.56 Å². The second-order valence-electron chi connectivity index (χ2n) is 3.27. The summed E-state index contributed by atoms with van der Waals surface area (Å²) in [6, 6.07) is 6.89. The number of aromatic carboxylic acids is 1. The van der Waals surface area contributed by atoms with Crippen LogP contribution in [0.25, 0.3) is 0 Å². The third kappa shape index (κ3) is 1.70. The molecule has 1 aliphatic rings. The Morgan fingerprint density at radius 2 is 2.07 bits per heavy atom. The van der Waals surface area contributed by atoms with Gasteiger partial charge in [-0.15, -0.1) is 0 Å². The van der Waals surface area contributed by atoms with E-state index in [4.69, 9.17) is 5.11 Å².